The minimum atomic E-state index is -0.408. The number of amides is 1. The third-order valence-corrected chi connectivity index (χ3v) is 6.25. The van der Waals surface area contributed by atoms with Crippen LogP contribution in [-0.4, -0.2) is 36.8 Å². The van der Waals surface area contributed by atoms with E-state index in [1.807, 2.05) is 52.0 Å². The fourth-order valence-electron chi connectivity index (χ4n) is 4.41. The zero-order valence-electron chi connectivity index (χ0n) is 20.2. The number of carbonyl (C=O) groups excluding carboxylic acids is 1. The van der Waals surface area contributed by atoms with Crippen molar-refractivity contribution >= 4 is 23.4 Å². The summed E-state index contributed by atoms with van der Waals surface area (Å²) in [5.74, 6) is -0.408. The molecule has 0 spiro atoms. The van der Waals surface area contributed by atoms with Gasteiger partial charge in [-0.05, 0) is 81.3 Å². The van der Waals surface area contributed by atoms with Gasteiger partial charge in [-0.2, -0.15) is 5.26 Å². The van der Waals surface area contributed by atoms with Gasteiger partial charge in [0.15, 0.2) is 0 Å². The van der Waals surface area contributed by atoms with E-state index >= 15 is 0 Å². The van der Waals surface area contributed by atoms with Gasteiger partial charge in [-0.3, -0.25) is 4.79 Å². The lowest BCUT2D eigenvalue weighted by Crippen LogP contribution is -2.36. The average molecular weight is 455 g/mol. The van der Waals surface area contributed by atoms with Crippen molar-refractivity contribution in [3.8, 4) is 11.8 Å². The predicted octanol–water partition coefficient (Wildman–Crippen LogP) is 5.09. The maximum atomic E-state index is 12.8. The SMILES string of the molecule is Cc1ccc(NC(=O)/C(C#N)=C\c2cc(C)n(-c3ccc(N4CCOCC4)cc3)c2C)c(C)c1. The monoisotopic (exact) mass is 454 g/mol. The molecule has 6 nitrogen and oxygen atoms in total. The fourth-order valence-corrected chi connectivity index (χ4v) is 4.41. The number of aromatic nitrogens is 1. The highest BCUT2D eigenvalue weighted by molar-refractivity contribution is 6.10. The van der Waals surface area contributed by atoms with Crippen molar-refractivity contribution in [1.29, 1.82) is 5.26 Å². The van der Waals surface area contributed by atoms with Crippen molar-refractivity contribution in [2.75, 3.05) is 36.5 Å². The molecule has 1 aliphatic heterocycles. The van der Waals surface area contributed by atoms with Gasteiger partial charge in [0.2, 0.25) is 0 Å². The Morgan fingerprint density at radius 3 is 2.32 bits per heavy atom. The topological polar surface area (TPSA) is 70.3 Å². The molecule has 3 aromatic rings. The highest BCUT2D eigenvalue weighted by Gasteiger charge is 2.16. The van der Waals surface area contributed by atoms with Crippen LogP contribution in [0, 0.1) is 39.0 Å². The average Bonchev–Trinajstić information content (AvgIpc) is 3.12. The Bertz CT molecular complexity index is 1270. The van der Waals surface area contributed by atoms with E-state index in [0.29, 0.717) is 5.69 Å². The lowest BCUT2D eigenvalue weighted by molar-refractivity contribution is -0.112. The summed E-state index contributed by atoms with van der Waals surface area (Å²) in [6.45, 7) is 11.3. The summed E-state index contributed by atoms with van der Waals surface area (Å²) < 4.78 is 7.59. The molecule has 6 heteroatoms. The van der Waals surface area contributed by atoms with E-state index in [-0.39, 0.29) is 5.57 Å². The number of aryl methyl sites for hydroxylation is 3. The van der Waals surface area contributed by atoms with Crippen molar-refractivity contribution in [3.05, 3.63) is 82.2 Å². The molecule has 1 amide bonds. The van der Waals surface area contributed by atoms with Crippen LogP contribution in [0.1, 0.15) is 28.1 Å². The number of ether oxygens (including phenoxy) is 1. The first-order valence-corrected chi connectivity index (χ1v) is 11.5. The molecule has 4 rings (SSSR count). The van der Waals surface area contributed by atoms with E-state index in [4.69, 9.17) is 4.74 Å². The third kappa shape index (κ3) is 4.90. The first kappa shape index (κ1) is 23.3. The molecule has 0 atom stereocenters. The second kappa shape index (κ2) is 9.98. The van der Waals surface area contributed by atoms with Gasteiger partial charge in [-0.15, -0.1) is 0 Å². The molecular formula is C28H30N4O2. The van der Waals surface area contributed by atoms with Crippen LogP contribution in [0.5, 0.6) is 0 Å². The normalized spacial score (nSPS) is 14.1. The van der Waals surface area contributed by atoms with Crippen LogP contribution in [0.25, 0.3) is 11.8 Å². The molecule has 0 unspecified atom stereocenters. The number of nitrogens with one attached hydrogen (secondary N) is 1. The third-order valence-electron chi connectivity index (χ3n) is 6.25. The number of anilines is 2. The van der Waals surface area contributed by atoms with Crippen molar-refractivity contribution in [3.63, 3.8) is 0 Å². The van der Waals surface area contributed by atoms with Crippen LogP contribution in [0.15, 0.2) is 54.1 Å². The van der Waals surface area contributed by atoms with Crippen LogP contribution in [-0.2, 0) is 9.53 Å². The van der Waals surface area contributed by atoms with Gasteiger partial charge in [0.1, 0.15) is 11.6 Å². The minimum absolute atomic E-state index is 0.0721. The van der Waals surface area contributed by atoms with Gasteiger partial charge in [-0.1, -0.05) is 17.7 Å². The summed E-state index contributed by atoms with van der Waals surface area (Å²) in [4.78, 5) is 15.1. The molecule has 0 radical (unpaired) electrons. The van der Waals surface area contributed by atoms with E-state index in [9.17, 15) is 10.1 Å². The van der Waals surface area contributed by atoms with Gasteiger partial charge in [-0.25, -0.2) is 0 Å². The largest absolute Gasteiger partial charge is 0.378 e. The summed E-state index contributed by atoms with van der Waals surface area (Å²) in [6.07, 6.45) is 1.67. The predicted molar refractivity (Wildman–Crippen MR) is 136 cm³/mol. The molecule has 1 saturated heterocycles. The smallest absolute Gasteiger partial charge is 0.266 e. The summed E-state index contributed by atoms with van der Waals surface area (Å²) in [7, 11) is 0. The molecule has 1 aromatic heterocycles. The molecular weight excluding hydrogens is 424 g/mol. The Morgan fingerprint density at radius 1 is 1.00 bits per heavy atom. The van der Waals surface area contributed by atoms with E-state index in [2.05, 4.69) is 45.1 Å². The number of nitriles is 1. The molecule has 174 valence electrons. The quantitative estimate of drug-likeness (QED) is 0.430. The molecule has 2 heterocycles. The molecule has 1 N–H and O–H groups in total. The molecule has 2 aromatic carbocycles. The Balaban J connectivity index is 1.58. The Hall–Kier alpha value is -3.82. The summed E-state index contributed by atoms with van der Waals surface area (Å²) in [6, 6.07) is 18.4. The first-order valence-electron chi connectivity index (χ1n) is 11.5. The van der Waals surface area contributed by atoms with Crippen LogP contribution >= 0.6 is 0 Å². The lowest BCUT2D eigenvalue weighted by atomic mass is 10.1. The summed E-state index contributed by atoms with van der Waals surface area (Å²) in [5, 5.41) is 12.6. The van der Waals surface area contributed by atoms with Crippen LogP contribution in [0.3, 0.4) is 0 Å². The van der Waals surface area contributed by atoms with Crippen LogP contribution in [0.4, 0.5) is 11.4 Å². The van der Waals surface area contributed by atoms with Crippen LogP contribution in [0.2, 0.25) is 0 Å². The van der Waals surface area contributed by atoms with Crippen molar-refractivity contribution in [1.82, 2.24) is 4.57 Å². The van der Waals surface area contributed by atoms with Crippen LogP contribution < -0.4 is 10.2 Å². The van der Waals surface area contributed by atoms with Gasteiger partial charge < -0.3 is 19.5 Å². The highest BCUT2D eigenvalue weighted by atomic mass is 16.5. The number of hydrogen-bond acceptors (Lipinski definition) is 4. The first-order chi connectivity index (χ1) is 16.4. The molecule has 0 aliphatic carbocycles. The summed E-state index contributed by atoms with van der Waals surface area (Å²) >= 11 is 0. The van der Waals surface area contributed by atoms with Crippen molar-refractivity contribution in [2.45, 2.75) is 27.7 Å². The number of nitrogens with zero attached hydrogens (tertiary/aromatic N) is 3. The number of morpholine rings is 1. The minimum Gasteiger partial charge on any atom is -0.378 e. The Labute approximate surface area is 201 Å². The van der Waals surface area contributed by atoms with Gasteiger partial charge >= 0.3 is 0 Å². The zero-order chi connectivity index (χ0) is 24.2. The molecule has 0 bridgehead atoms. The van der Waals surface area contributed by atoms with Gasteiger partial charge in [0, 0.05) is 41.5 Å². The fraction of sp³-hybridized carbons (Fsp3) is 0.286. The zero-order valence-corrected chi connectivity index (χ0v) is 20.2. The molecule has 0 saturated carbocycles. The number of benzene rings is 2. The lowest BCUT2D eigenvalue weighted by Gasteiger charge is -2.29. The van der Waals surface area contributed by atoms with E-state index in [1.165, 1.54) is 5.69 Å². The Morgan fingerprint density at radius 2 is 1.68 bits per heavy atom. The molecule has 1 fully saturated rings. The highest BCUT2D eigenvalue weighted by Crippen LogP contribution is 2.26. The van der Waals surface area contributed by atoms with Crippen molar-refractivity contribution in [2.24, 2.45) is 0 Å². The molecule has 34 heavy (non-hydrogen) atoms. The maximum Gasteiger partial charge on any atom is 0.266 e. The van der Waals surface area contributed by atoms with E-state index in [1.54, 1.807) is 6.08 Å². The van der Waals surface area contributed by atoms with Crippen molar-refractivity contribution < 1.29 is 9.53 Å². The standard InChI is InChI=1S/C28H30N4O2/c1-19-5-10-27(20(2)15-19)30-28(33)24(18-29)17-23-16-21(3)32(22(23)4)26-8-6-25(7-9-26)31-11-13-34-14-12-31/h5-10,15-17H,11-14H2,1-4H3,(H,30,33)/b24-17-. The number of rotatable bonds is 5. The Kier molecular flexibility index (Phi) is 6.85. The maximum absolute atomic E-state index is 12.8. The van der Waals surface area contributed by atoms with E-state index < -0.39 is 5.91 Å². The number of carbonyl (C=O) groups is 1. The second-order valence-corrected chi connectivity index (χ2v) is 8.72. The van der Waals surface area contributed by atoms with E-state index in [0.717, 1.165) is 60.1 Å². The second-order valence-electron chi connectivity index (χ2n) is 8.72. The number of hydrogen-bond donors (Lipinski definition) is 1. The van der Waals surface area contributed by atoms with Gasteiger partial charge in [0.25, 0.3) is 5.91 Å². The molecule has 1 aliphatic rings. The summed E-state index contributed by atoms with van der Waals surface area (Å²) in [5.41, 5.74) is 7.96. The van der Waals surface area contributed by atoms with Gasteiger partial charge in [0.05, 0.1) is 13.2 Å².